The first-order chi connectivity index (χ1) is 9.52. The molecule has 2 rings (SSSR count). The highest BCUT2D eigenvalue weighted by molar-refractivity contribution is 9.10. The van der Waals surface area contributed by atoms with Crippen molar-refractivity contribution in [2.24, 2.45) is 0 Å². The van der Waals surface area contributed by atoms with Gasteiger partial charge in [0, 0.05) is 36.8 Å². The first-order valence-corrected chi connectivity index (χ1v) is 8.00. The van der Waals surface area contributed by atoms with Crippen LogP contribution in [0.3, 0.4) is 0 Å². The molecule has 0 radical (unpaired) electrons. The summed E-state index contributed by atoms with van der Waals surface area (Å²) in [6, 6.07) is 2.01. The van der Waals surface area contributed by atoms with Crippen molar-refractivity contribution < 1.29 is 4.79 Å². The number of piperidine rings is 1. The predicted molar refractivity (Wildman–Crippen MR) is 84.2 cm³/mol. The van der Waals surface area contributed by atoms with E-state index in [2.05, 4.69) is 32.7 Å². The number of hydrogen-bond donors (Lipinski definition) is 0. The molecule has 0 aliphatic carbocycles. The minimum atomic E-state index is -0.0567. The summed E-state index contributed by atoms with van der Waals surface area (Å²) in [6.45, 7) is 5.33. The average molecular weight is 361 g/mol. The molecular weight excluding hydrogens is 342 g/mol. The summed E-state index contributed by atoms with van der Waals surface area (Å²) >= 11 is 9.36. The van der Waals surface area contributed by atoms with Crippen LogP contribution in [0.1, 0.15) is 30.1 Å². The van der Waals surface area contributed by atoms with Crippen LogP contribution < -0.4 is 0 Å². The molecule has 4 nitrogen and oxygen atoms in total. The molecule has 0 atom stereocenters. The molecule has 1 aliphatic heterocycles. The zero-order valence-electron chi connectivity index (χ0n) is 11.8. The Morgan fingerprint density at radius 2 is 2.20 bits per heavy atom. The summed E-state index contributed by atoms with van der Waals surface area (Å²) in [5.74, 6) is -0.0567. The lowest BCUT2D eigenvalue weighted by atomic mass is 10.0. The molecule has 0 saturated carbocycles. The van der Waals surface area contributed by atoms with Crippen molar-refractivity contribution in [1.82, 2.24) is 14.8 Å². The monoisotopic (exact) mass is 359 g/mol. The van der Waals surface area contributed by atoms with Crippen molar-refractivity contribution in [3.63, 3.8) is 0 Å². The van der Waals surface area contributed by atoms with Gasteiger partial charge in [0.1, 0.15) is 5.15 Å². The Morgan fingerprint density at radius 3 is 2.80 bits per heavy atom. The number of carbonyl (C=O) groups excluding carboxylic acids is 1. The second kappa shape index (κ2) is 6.87. The van der Waals surface area contributed by atoms with E-state index < -0.39 is 0 Å². The van der Waals surface area contributed by atoms with Crippen LogP contribution >= 0.6 is 27.5 Å². The first kappa shape index (κ1) is 15.7. The fourth-order valence-electron chi connectivity index (χ4n) is 2.55. The first-order valence-electron chi connectivity index (χ1n) is 6.83. The lowest BCUT2D eigenvalue weighted by Crippen LogP contribution is -2.45. The Balaban J connectivity index is 2.07. The Bertz CT molecular complexity index is 489. The standard InChI is InChI=1S/C14H19BrClN3O/c1-3-19-6-4-11(5-7-19)18(2)14(20)12-8-10(15)9-17-13(12)16/h8-9,11H,3-7H2,1-2H3. The number of halogens is 2. The molecule has 1 saturated heterocycles. The van der Waals surface area contributed by atoms with E-state index in [4.69, 9.17) is 11.6 Å². The average Bonchev–Trinajstić information content (AvgIpc) is 2.48. The summed E-state index contributed by atoms with van der Waals surface area (Å²) < 4.78 is 0.763. The van der Waals surface area contributed by atoms with Gasteiger partial charge >= 0.3 is 0 Å². The van der Waals surface area contributed by atoms with Crippen LogP contribution in [0.5, 0.6) is 0 Å². The van der Waals surface area contributed by atoms with Gasteiger partial charge in [0.25, 0.3) is 5.91 Å². The number of likely N-dealkylation sites (tertiary alicyclic amines) is 1. The van der Waals surface area contributed by atoms with Crippen molar-refractivity contribution in [1.29, 1.82) is 0 Å². The Kier molecular flexibility index (Phi) is 5.41. The Morgan fingerprint density at radius 1 is 1.55 bits per heavy atom. The molecular formula is C14H19BrClN3O. The summed E-state index contributed by atoms with van der Waals surface area (Å²) in [5.41, 5.74) is 0.460. The molecule has 0 N–H and O–H groups in total. The summed E-state index contributed by atoms with van der Waals surface area (Å²) in [6.07, 6.45) is 3.61. The molecule has 1 aliphatic rings. The second-order valence-electron chi connectivity index (χ2n) is 5.07. The van der Waals surface area contributed by atoms with Crippen LogP contribution in [0.4, 0.5) is 0 Å². The van der Waals surface area contributed by atoms with Gasteiger partial charge in [-0.25, -0.2) is 4.98 Å². The van der Waals surface area contributed by atoms with Gasteiger partial charge in [-0.05, 0) is 41.4 Å². The minimum Gasteiger partial charge on any atom is -0.339 e. The number of nitrogens with zero attached hydrogens (tertiary/aromatic N) is 3. The van der Waals surface area contributed by atoms with Crippen LogP contribution in [-0.2, 0) is 0 Å². The lowest BCUT2D eigenvalue weighted by Gasteiger charge is -2.36. The van der Waals surface area contributed by atoms with Crippen LogP contribution in [0.2, 0.25) is 5.15 Å². The van der Waals surface area contributed by atoms with Crippen molar-refractivity contribution in [2.75, 3.05) is 26.7 Å². The SMILES string of the molecule is CCN1CCC(N(C)C(=O)c2cc(Br)cnc2Cl)CC1. The van der Waals surface area contributed by atoms with Crippen LogP contribution in [0, 0.1) is 0 Å². The number of rotatable bonds is 3. The van der Waals surface area contributed by atoms with Gasteiger partial charge in [-0.1, -0.05) is 18.5 Å². The maximum atomic E-state index is 12.5. The van der Waals surface area contributed by atoms with E-state index in [9.17, 15) is 4.79 Å². The molecule has 1 amide bonds. The highest BCUT2D eigenvalue weighted by Gasteiger charge is 2.26. The summed E-state index contributed by atoms with van der Waals surface area (Å²) in [7, 11) is 1.85. The Hall–Kier alpha value is -0.650. The van der Waals surface area contributed by atoms with E-state index in [1.807, 2.05) is 11.9 Å². The summed E-state index contributed by atoms with van der Waals surface area (Å²) in [4.78, 5) is 20.8. The van der Waals surface area contributed by atoms with Gasteiger partial charge in [0.15, 0.2) is 0 Å². The fraction of sp³-hybridized carbons (Fsp3) is 0.571. The van der Waals surface area contributed by atoms with Gasteiger partial charge in [-0.3, -0.25) is 4.79 Å². The number of hydrogen-bond acceptors (Lipinski definition) is 3. The van der Waals surface area contributed by atoms with Gasteiger partial charge in [0.2, 0.25) is 0 Å². The summed E-state index contributed by atoms with van der Waals surface area (Å²) in [5, 5.41) is 0.260. The van der Waals surface area contributed by atoms with E-state index in [1.165, 1.54) is 0 Å². The maximum Gasteiger partial charge on any atom is 0.257 e. The van der Waals surface area contributed by atoms with E-state index in [1.54, 1.807) is 12.3 Å². The third kappa shape index (κ3) is 3.51. The van der Waals surface area contributed by atoms with E-state index in [0.717, 1.165) is 36.9 Å². The normalized spacial score (nSPS) is 17.2. The smallest absolute Gasteiger partial charge is 0.257 e. The molecule has 0 bridgehead atoms. The lowest BCUT2D eigenvalue weighted by molar-refractivity contribution is 0.0646. The predicted octanol–water partition coefficient (Wildman–Crippen LogP) is 3.05. The second-order valence-corrected chi connectivity index (χ2v) is 6.35. The van der Waals surface area contributed by atoms with E-state index in [0.29, 0.717) is 5.56 Å². The van der Waals surface area contributed by atoms with Gasteiger partial charge < -0.3 is 9.80 Å². The van der Waals surface area contributed by atoms with Crippen molar-refractivity contribution in [3.8, 4) is 0 Å². The molecule has 2 heterocycles. The van der Waals surface area contributed by atoms with Crippen molar-refractivity contribution >= 4 is 33.4 Å². The number of amides is 1. The Labute approximate surface area is 133 Å². The highest BCUT2D eigenvalue weighted by atomic mass is 79.9. The molecule has 6 heteroatoms. The molecule has 1 aromatic rings. The van der Waals surface area contributed by atoms with Crippen LogP contribution in [0.15, 0.2) is 16.7 Å². The molecule has 0 aromatic carbocycles. The molecule has 0 spiro atoms. The molecule has 0 unspecified atom stereocenters. The fourth-order valence-corrected chi connectivity index (χ4v) is 3.07. The third-order valence-electron chi connectivity index (χ3n) is 3.91. The van der Waals surface area contributed by atoms with Crippen LogP contribution in [-0.4, -0.2) is 53.4 Å². The van der Waals surface area contributed by atoms with E-state index in [-0.39, 0.29) is 17.1 Å². The van der Waals surface area contributed by atoms with Crippen molar-refractivity contribution in [3.05, 3.63) is 27.5 Å². The topological polar surface area (TPSA) is 36.4 Å². The van der Waals surface area contributed by atoms with Gasteiger partial charge in [0.05, 0.1) is 5.56 Å². The van der Waals surface area contributed by atoms with Crippen LogP contribution in [0.25, 0.3) is 0 Å². The maximum absolute atomic E-state index is 12.5. The number of carbonyl (C=O) groups is 1. The van der Waals surface area contributed by atoms with Gasteiger partial charge in [-0.2, -0.15) is 0 Å². The minimum absolute atomic E-state index is 0.0567. The molecule has 1 fully saturated rings. The third-order valence-corrected chi connectivity index (χ3v) is 4.64. The molecule has 20 heavy (non-hydrogen) atoms. The van der Waals surface area contributed by atoms with Crippen molar-refractivity contribution in [2.45, 2.75) is 25.8 Å². The van der Waals surface area contributed by atoms with E-state index >= 15 is 0 Å². The molecule has 1 aromatic heterocycles. The molecule has 110 valence electrons. The quantitative estimate of drug-likeness (QED) is 0.777. The number of pyridine rings is 1. The largest absolute Gasteiger partial charge is 0.339 e. The zero-order chi connectivity index (χ0) is 14.7. The highest BCUT2D eigenvalue weighted by Crippen LogP contribution is 2.22. The van der Waals surface area contributed by atoms with Gasteiger partial charge in [-0.15, -0.1) is 0 Å². The zero-order valence-corrected chi connectivity index (χ0v) is 14.1. The number of aromatic nitrogens is 1.